The fourth-order valence-electron chi connectivity index (χ4n) is 5.01. The minimum Gasteiger partial charge on any atom is -0.357 e. The van der Waals surface area contributed by atoms with Crippen LogP contribution < -0.4 is 5.32 Å². The molecule has 1 aliphatic heterocycles. The standard InChI is InChI=1S/C30H26F3N5O2/c1-18-8-9-20(29(39)35-23-6-4-5-22(15-23)30(31,32)33)13-25(18)19-10-11-24-26(14-19)36-37-28(24)21-16-34-38(17-21)27-7-2-3-12-40-27/h4-6,8-11,13-17,27H,2-3,7,12H2,1H3,(H,35,39)(H,36,37). The van der Waals surface area contributed by atoms with Gasteiger partial charge >= 0.3 is 6.18 Å². The van der Waals surface area contributed by atoms with E-state index in [1.54, 1.807) is 18.3 Å². The summed E-state index contributed by atoms with van der Waals surface area (Å²) in [4.78, 5) is 12.9. The van der Waals surface area contributed by atoms with Crippen LogP contribution in [0.3, 0.4) is 0 Å². The lowest BCUT2D eigenvalue weighted by Gasteiger charge is -2.22. The second-order valence-corrected chi connectivity index (χ2v) is 9.93. The van der Waals surface area contributed by atoms with Crippen molar-refractivity contribution in [2.45, 2.75) is 38.6 Å². The number of aromatic amines is 1. The number of nitrogens with one attached hydrogen (secondary N) is 2. The van der Waals surface area contributed by atoms with Crippen LogP contribution in [0.2, 0.25) is 0 Å². The summed E-state index contributed by atoms with van der Waals surface area (Å²) in [5.41, 5.74) is 4.74. The molecule has 10 heteroatoms. The van der Waals surface area contributed by atoms with E-state index in [0.29, 0.717) is 5.56 Å². The predicted molar refractivity (Wildman–Crippen MR) is 146 cm³/mol. The van der Waals surface area contributed by atoms with Gasteiger partial charge in [-0.25, -0.2) is 4.68 Å². The van der Waals surface area contributed by atoms with E-state index in [1.165, 1.54) is 12.1 Å². The summed E-state index contributed by atoms with van der Waals surface area (Å²) in [5, 5.41) is 15.6. The first kappa shape index (κ1) is 25.8. The number of carbonyl (C=O) groups is 1. The molecule has 7 nitrogen and oxygen atoms in total. The molecule has 3 heterocycles. The molecule has 0 aliphatic carbocycles. The SMILES string of the molecule is Cc1ccc(C(=O)Nc2cccc(C(F)(F)F)c2)cc1-c1ccc2c(-c3cnn(C4CCCCO4)c3)n[nH]c2c1. The van der Waals surface area contributed by atoms with Gasteiger partial charge in [0.05, 0.1) is 17.3 Å². The molecule has 0 spiro atoms. The molecule has 0 saturated carbocycles. The largest absolute Gasteiger partial charge is 0.416 e. The third-order valence-electron chi connectivity index (χ3n) is 7.15. The number of alkyl halides is 3. The first-order valence-corrected chi connectivity index (χ1v) is 13.0. The van der Waals surface area contributed by atoms with Gasteiger partial charge in [0.15, 0.2) is 0 Å². The Labute approximate surface area is 228 Å². The second-order valence-electron chi connectivity index (χ2n) is 9.93. The third kappa shape index (κ3) is 5.10. The van der Waals surface area contributed by atoms with Crippen molar-refractivity contribution in [1.29, 1.82) is 0 Å². The van der Waals surface area contributed by atoms with Gasteiger partial charge in [0.25, 0.3) is 5.91 Å². The van der Waals surface area contributed by atoms with Crippen LogP contribution in [0.4, 0.5) is 18.9 Å². The van der Waals surface area contributed by atoms with Crippen LogP contribution in [0.25, 0.3) is 33.3 Å². The molecule has 0 radical (unpaired) electrons. The predicted octanol–water partition coefficient (Wildman–Crippen LogP) is 7.37. The van der Waals surface area contributed by atoms with Gasteiger partial charge in [-0.1, -0.05) is 18.2 Å². The number of anilines is 1. The summed E-state index contributed by atoms with van der Waals surface area (Å²) < 4.78 is 46.9. The Kier molecular flexibility index (Phi) is 6.63. The van der Waals surface area contributed by atoms with Gasteiger partial charge in [-0.15, -0.1) is 0 Å². The summed E-state index contributed by atoms with van der Waals surface area (Å²) in [6, 6.07) is 15.7. The molecule has 1 fully saturated rings. The molecule has 1 saturated heterocycles. The van der Waals surface area contributed by atoms with Gasteiger partial charge in [0.1, 0.15) is 11.9 Å². The Hall–Kier alpha value is -4.44. The first-order chi connectivity index (χ1) is 19.3. The molecule has 2 N–H and O–H groups in total. The molecule has 1 atom stereocenters. The number of fused-ring (bicyclic) bond motifs is 1. The Bertz CT molecular complexity index is 1700. The van der Waals surface area contributed by atoms with Gasteiger partial charge in [0, 0.05) is 35.0 Å². The van der Waals surface area contributed by atoms with Crippen molar-refractivity contribution in [3.8, 4) is 22.4 Å². The molecule has 1 aliphatic rings. The van der Waals surface area contributed by atoms with Crippen LogP contribution in [-0.4, -0.2) is 32.5 Å². The minimum atomic E-state index is -4.49. The van der Waals surface area contributed by atoms with Crippen molar-refractivity contribution in [2.24, 2.45) is 0 Å². The van der Waals surface area contributed by atoms with E-state index in [4.69, 9.17) is 4.74 Å². The molecular formula is C30H26F3N5O2. The summed E-state index contributed by atoms with van der Waals surface area (Å²) in [6.07, 6.45) is 2.31. The van der Waals surface area contributed by atoms with Crippen molar-refractivity contribution in [1.82, 2.24) is 20.0 Å². The van der Waals surface area contributed by atoms with E-state index < -0.39 is 17.6 Å². The molecule has 40 heavy (non-hydrogen) atoms. The zero-order valence-electron chi connectivity index (χ0n) is 21.6. The van der Waals surface area contributed by atoms with Crippen molar-refractivity contribution in [3.63, 3.8) is 0 Å². The fraction of sp³-hybridized carbons (Fsp3) is 0.233. The summed E-state index contributed by atoms with van der Waals surface area (Å²) in [7, 11) is 0. The van der Waals surface area contributed by atoms with Crippen molar-refractivity contribution >= 4 is 22.5 Å². The molecule has 1 amide bonds. The average Bonchev–Trinajstić information content (AvgIpc) is 3.60. The van der Waals surface area contributed by atoms with E-state index in [0.717, 1.165) is 76.9 Å². The Morgan fingerprint density at radius 1 is 1.07 bits per heavy atom. The maximum Gasteiger partial charge on any atom is 0.416 e. The highest BCUT2D eigenvalue weighted by Crippen LogP contribution is 2.33. The van der Waals surface area contributed by atoms with Crippen molar-refractivity contribution in [2.75, 3.05) is 11.9 Å². The van der Waals surface area contributed by atoms with Crippen LogP contribution in [0, 0.1) is 6.92 Å². The number of carbonyl (C=O) groups excluding carboxylic acids is 1. The van der Waals surface area contributed by atoms with Crippen LogP contribution >= 0.6 is 0 Å². The highest BCUT2D eigenvalue weighted by molar-refractivity contribution is 6.05. The number of benzene rings is 3. The molecule has 0 bridgehead atoms. The minimum absolute atomic E-state index is 0.0552. The van der Waals surface area contributed by atoms with Crippen LogP contribution in [-0.2, 0) is 10.9 Å². The van der Waals surface area contributed by atoms with Crippen LogP contribution in [0.5, 0.6) is 0 Å². The number of H-pyrrole nitrogens is 1. The topological polar surface area (TPSA) is 84.8 Å². The maximum absolute atomic E-state index is 13.1. The number of nitrogens with zero attached hydrogens (tertiary/aromatic N) is 3. The number of rotatable bonds is 5. The number of aryl methyl sites for hydroxylation is 1. The number of halogens is 3. The van der Waals surface area contributed by atoms with Crippen molar-refractivity contribution < 1.29 is 22.7 Å². The molecule has 5 aromatic rings. The fourth-order valence-corrected chi connectivity index (χ4v) is 5.01. The lowest BCUT2D eigenvalue weighted by Crippen LogP contribution is -2.18. The summed E-state index contributed by atoms with van der Waals surface area (Å²) in [6.45, 7) is 2.68. The smallest absolute Gasteiger partial charge is 0.357 e. The number of amides is 1. The number of aromatic nitrogens is 4. The quantitative estimate of drug-likeness (QED) is 0.241. The summed E-state index contributed by atoms with van der Waals surface area (Å²) >= 11 is 0. The zero-order chi connectivity index (χ0) is 27.9. The van der Waals surface area contributed by atoms with Gasteiger partial charge in [-0.3, -0.25) is 9.89 Å². The Balaban J connectivity index is 1.25. The highest BCUT2D eigenvalue weighted by atomic mass is 19.4. The third-order valence-corrected chi connectivity index (χ3v) is 7.15. The van der Waals surface area contributed by atoms with E-state index >= 15 is 0 Å². The summed E-state index contributed by atoms with van der Waals surface area (Å²) in [5.74, 6) is -0.496. The lowest BCUT2D eigenvalue weighted by atomic mass is 9.96. The number of hydrogen-bond donors (Lipinski definition) is 2. The second kappa shape index (κ2) is 10.3. The van der Waals surface area contributed by atoms with Gasteiger partial charge in [-0.05, 0) is 85.3 Å². The van der Waals surface area contributed by atoms with Gasteiger partial charge in [0.2, 0.25) is 0 Å². The normalized spacial score (nSPS) is 15.8. The van der Waals surface area contributed by atoms with E-state index in [9.17, 15) is 18.0 Å². The molecular weight excluding hydrogens is 519 g/mol. The van der Waals surface area contributed by atoms with E-state index in [1.807, 2.05) is 42.1 Å². The molecule has 6 rings (SSSR count). The van der Waals surface area contributed by atoms with Crippen molar-refractivity contribution in [3.05, 3.63) is 89.7 Å². The van der Waals surface area contributed by atoms with E-state index in [2.05, 4.69) is 20.6 Å². The Morgan fingerprint density at radius 3 is 2.75 bits per heavy atom. The lowest BCUT2D eigenvalue weighted by molar-refractivity contribution is -0.137. The van der Waals surface area contributed by atoms with Crippen LogP contribution in [0.15, 0.2) is 73.1 Å². The maximum atomic E-state index is 13.1. The van der Waals surface area contributed by atoms with E-state index in [-0.39, 0.29) is 11.9 Å². The Morgan fingerprint density at radius 2 is 1.95 bits per heavy atom. The molecule has 3 aromatic carbocycles. The van der Waals surface area contributed by atoms with Gasteiger partial charge in [-0.2, -0.15) is 23.4 Å². The zero-order valence-corrected chi connectivity index (χ0v) is 21.6. The monoisotopic (exact) mass is 545 g/mol. The molecule has 1 unspecified atom stereocenters. The molecule has 2 aromatic heterocycles. The number of ether oxygens (including phenoxy) is 1. The molecule has 204 valence electrons. The first-order valence-electron chi connectivity index (χ1n) is 13.0. The van der Waals surface area contributed by atoms with Crippen LogP contribution in [0.1, 0.15) is 47.0 Å². The average molecular weight is 546 g/mol. The van der Waals surface area contributed by atoms with Gasteiger partial charge < -0.3 is 10.1 Å². The highest BCUT2D eigenvalue weighted by Gasteiger charge is 2.30. The number of hydrogen-bond acceptors (Lipinski definition) is 4.